The number of benzene rings is 2. The fourth-order valence-corrected chi connectivity index (χ4v) is 2.63. The lowest BCUT2D eigenvalue weighted by atomic mass is 10.1. The largest absolute Gasteiger partial charge is 0.489 e. The van der Waals surface area contributed by atoms with Gasteiger partial charge in [-0.3, -0.25) is 4.79 Å². The molecular formula is C19H20N2O3. The average Bonchev–Trinajstić information content (AvgIpc) is 3.02. The molecule has 0 aliphatic carbocycles. The Balaban J connectivity index is 1.77. The molecule has 0 spiro atoms. The molecule has 0 aliphatic rings. The Morgan fingerprint density at radius 3 is 2.75 bits per heavy atom. The highest BCUT2D eigenvalue weighted by molar-refractivity contribution is 5.85. The molecule has 1 atom stereocenters. The number of methoxy groups -OCH3 is 1. The smallest absolute Gasteiger partial charge is 0.322 e. The number of nitrogens with one attached hydrogen (secondary N) is 1. The second kappa shape index (κ2) is 7.19. The van der Waals surface area contributed by atoms with E-state index in [-0.39, 0.29) is 0 Å². The van der Waals surface area contributed by atoms with Crippen LogP contribution in [0.2, 0.25) is 0 Å². The van der Waals surface area contributed by atoms with Crippen molar-refractivity contribution in [2.24, 2.45) is 5.73 Å². The van der Waals surface area contributed by atoms with Gasteiger partial charge in [0.05, 0.1) is 7.11 Å². The quantitative estimate of drug-likeness (QED) is 0.684. The first kappa shape index (κ1) is 16.1. The van der Waals surface area contributed by atoms with E-state index in [1.54, 1.807) is 0 Å². The zero-order chi connectivity index (χ0) is 16.9. The first-order valence-corrected chi connectivity index (χ1v) is 7.77. The van der Waals surface area contributed by atoms with Gasteiger partial charge in [0.1, 0.15) is 18.4 Å². The van der Waals surface area contributed by atoms with E-state index >= 15 is 0 Å². The molecule has 5 heteroatoms. The second-order valence-electron chi connectivity index (χ2n) is 5.63. The second-order valence-corrected chi connectivity index (χ2v) is 5.63. The van der Waals surface area contributed by atoms with E-state index in [0.29, 0.717) is 13.0 Å². The Kier molecular flexibility index (Phi) is 4.82. The molecule has 124 valence electrons. The van der Waals surface area contributed by atoms with E-state index in [9.17, 15) is 4.79 Å². The number of hydrogen-bond donors (Lipinski definition) is 2. The van der Waals surface area contributed by atoms with E-state index in [1.165, 1.54) is 7.11 Å². The molecule has 24 heavy (non-hydrogen) atoms. The number of fused-ring (bicyclic) bond motifs is 1. The average molecular weight is 324 g/mol. The van der Waals surface area contributed by atoms with Crippen molar-refractivity contribution >= 4 is 16.9 Å². The summed E-state index contributed by atoms with van der Waals surface area (Å²) in [5.41, 5.74) is 8.92. The van der Waals surface area contributed by atoms with Crippen LogP contribution in [0.15, 0.2) is 54.7 Å². The van der Waals surface area contributed by atoms with Gasteiger partial charge in [-0.15, -0.1) is 0 Å². The summed E-state index contributed by atoms with van der Waals surface area (Å²) in [6, 6.07) is 15.2. The van der Waals surface area contributed by atoms with Gasteiger partial charge in [0, 0.05) is 23.5 Å². The molecule has 3 rings (SSSR count). The van der Waals surface area contributed by atoms with E-state index in [0.717, 1.165) is 27.8 Å². The molecule has 3 N–H and O–H groups in total. The molecule has 1 aromatic heterocycles. The number of hydrogen-bond acceptors (Lipinski definition) is 4. The predicted molar refractivity (Wildman–Crippen MR) is 92.8 cm³/mol. The highest BCUT2D eigenvalue weighted by atomic mass is 16.5. The van der Waals surface area contributed by atoms with Crippen LogP contribution in [0.25, 0.3) is 10.9 Å². The Labute approximate surface area is 140 Å². The summed E-state index contributed by atoms with van der Waals surface area (Å²) in [6.45, 7) is 0.508. The summed E-state index contributed by atoms with van der Waals surface area (Å²) < 4.78 is 10.5. The summed E-state index contributed by atoms with van der Waals surface area (Å²) in [5.74, 6) is 0.361. The Morgan fingerprint density at radius 2 is 2.00 bits per heavy atom. The molecule has 0 saturated heterocycles. The van der Waals surface area contributed by atoms with Crippen LogP contribution in [0, 0.1) is 0 Å². The van der Waals surface area contributed by atoms with E-state index < -0.39 is 12.0 Å². The maximum Gasteiger partial charge on any atom is 0.322 e. The van der Waals surface area contributed by atoms with Gasteiger partial charge in [0.15, 0.2) is 0 Å². The van der Waals surface area contributed by atoms with Crippen molar-refractivity contribution in [1.29, 1.82) is 0 Å². The highest BCUT2D eigenvalue weighted by Crippen LogP contribution is 2.25. The third kappa shape index (κ3) is 3.58. The lowest BCUT2D eigenvalue weighted by Crippen LogP contribution is -2.33. The molecule has 3 aromatic rings. The predicted octanol–water partition coefficient (Wildman–Crippen LogP) is 2.79. The minimum absolute atomic E-state index is 0.412. The molecule has 1 unspecified atom stereocenters. The maximum absolute atomic E-state index is 11.5. The van der Waals surface area contributed by atoms with Gasteiger partial charge in [-0.05, 0) is 29.3 Å². The molecule has 5 nitrogen and oxygen atoms in total. The number of carbonyl (C=O) groups excluding carboxylic acids is 1. The monoisotopic (exact) mass is 324 g/mol. The normalized spacial score (nSPS) is 12.1. The Bertz CT molecular complexity index is 827. The van der Waals surface area contributed by atoms with Gasteiger partial charge in [0.25, 0.3) is 0 Å². The van der Waals surface area contributed by atoms with Crippen LogP contribution in [0.1, 0.15) is 11.1 Å². The number of carbonyl (C=O) groups is 1. The third-order valence-electron chi connectivity index (χ3n) is 3.93. The summed E-state index contributed by atoms with van der Waals surface area (Å²) in [6.07, 6.45) is 2.28. The Hall–Kier alpha value is -2.79. The van der Waals surface area contributed by atoms with Gasteiger partial charge >= 0.3 is 5.97 Å². The molecule has 1 heterocycles. The van der Waals surface area contributed by atoms with Gasteiger partial charge in [-0.25, -0.2) is 0 Å². The van der Waals surface area contributed by atoms with Crippen LogP contribution >= 0.6 is 0 Å². The van der Waals surface area contributed by atoms with Crippen molar-refractivity contribution in [2.45, 2.75) is 19.1 Å². The van der Waals surface area contributed by atoms with Crippen molar-refractivity contribution < 1.29 is 14.3 Å². The van der Waals surface area contributed by atoms with Crippen molar-refractivity contribution in [3.05, 3.63) is 65.9 Å². The Morgan fingerprint density at radius 1 is 1.21 bits per heavy atom. The number of nitrogens with two attached hydrogens (primary N) is 1. The lowest BCUT2D eigenvalue weighted by Gasteiger charge is -2.09. The number of aromatic nitrogens is 1. The van der Waals surface area contributed by atoms with Crippen molar-refractivity contribution in [3.8, 4) is 5.75 Å². The van der Waals surface area contributed by atoms with Crippen LogP contribution in [-0.2, 0) is 22.6 Å². The minimum atomic E-state index is -0.678. The minimum Gasteiger partial charge on any atom is -0.489 e. The molecule has 0 aliphatic heterocycles. The summed E-state index contributed by atoms with van der Waals surface area (Å²) in [5, 5.41) is 1.000. The van der Waals surface area contributed by atoms with Crippen LogP contribution in [0.5, 0.6) is 5.75 Å². The fourth-order valence-electron chi connectivity index (χ4n) is 2.63. The van der Waals surface area contributed by atoms with E-state index in [4.69, 9.17) is 10.5 Å². The lowest BCUT2D eigenvalue weighted by molar-refractivity contribution is -0.142. The van der Waals surface area contributed by atoms with Gasteiger partial charge in [0.2, 0.25) is 0 Å². The van der Waals surface area contributed by atoms with Crippen molar-refractivity contribution in [2.75, 3.05) is 7.11 Å². The third-order valence-corrected chi connectivity index (χ3v) is 3.93. The van der Waals surface area contributed by atoms with Crippen LogP contribution in [0.3, 0.4) is 0 Å². The van der Waals surface area contributed by atoms with E-state index in [1.807, 2.05) is 54.7 Å². The van der Waals surface area contributed by atoms with Gasteiger partial charge in [-0.1, -0.05) is 30.3 Å². The molecule has 0 bridgehead atoms. The fraction of sp³-hybridized carbons (Fsp3) is 0.211. The molecule has 0 fully saturated rings. The number of H-pyrrole nitrogens is 1. The molecule has 0 radical (unpaired) electrons. The standard InChI is InChI=1S/C19H20N2O3/c1-23-19(22)17(20)9-14-11-21-18-8-7-15(10-16(14)18)24-12-13-5-3-2-4-6-13/h2-8,10-11,17,21H,9,12,20H2,1H3. The number of esters is 1. The topological polar surface area (TPSA) is 77.3 Å². The summed E-state index contributed by atoms with van der Waals surface area (Å²) >= 11 is 0. The van der Waals surface area contributed by atoms with Crippen LogP contribution in [-0.4, -0.2) is 24.1 Å². The van der Waals surface area contributed by atoms with Crippen molar-refractivity contribution in [3.63, 3.8) is 0 Å². The highest BCUT2D eigenvalue weighted by Gasteiger charge is 2.16. The molecule has 2 aromatic carbocycles. The summed E-state index contributed by atoms with van der Waals surface area (Å²) in [7, 11) is 1.34. The first-order chi connectivity index (χ1) is 11.7. The maximum atomic E-state index is 11.5. The van der Waals surface area contributed by atoms with Gasteiger partial charge < -0.3 is 20.2 Å². The summed E-state index contributed by atoms with van der Waals surface area (Å²) in [4.78, 5) is 14.7. The van der Waals surface area contributed by atoms with Crippen LogP contribution < -0.4 is 10.5 Å². The van der Waals surface area contributed by atoms with Crippen LogP contribution in [0.4, 0.5) is 0 Å². The zero-order valence-corrected chi connectivity index (χ0v) is 13.5. The van der Waals surface area contributed by atoms with Crippen molar-refractivity contribution in [1.82, 2.24) is 4.98 Å². The molecule has 0 saturated carbocycles. The molecular weight excluding hydrogens is 304 g/mol. The number of rotatable bonds is 6. The van der Waals surface area contributed by atoms with E-state index in [2.05, 4.69) is 9.72 Å². The SMILES string of the molecule is COC(=O)C(N)Cc1c[nH]c2ccc(OCc3ccccc3)cc12. The first-order valence-electron chi connectivity index (χ1n) is 7.77. The number of aromatic amines is 1. The zero-order valence-electron chi connectivity index (χ0n) is 13.5. The molecule has 0 amide bonds. The number of ether oxygens (including phenoxy) is 2. The van der Waals surface area contributed by atoms with Gasteiger partial charge in [-0.2, -0.15) is 0 Å².